The van der Waals surface area contributed by atoms with Gasteiger partial charge < -0.3 is 4.89 Å². The van der Waals surface area contributed by atoms with Crippen molar-refractivity contribution in [1.82, 2.24) is 0 Å². The van der Waals surface area contributed by atoms with Gasteiger partial charge in [-0.25, -0.2) is 4.57 Å². The topological polar surface area (TPSA) is 55.8 Å². The molecule has 2 atom stereocenters. The summed E-state index contributed by atoms with van der Waals surface area (Å²) in [5.74, 6) is 0.687. The van der Waals surface area contributed by atoms with Crippen molar-refractivity contribution in [3.8, 4) is 0 Å². The summed E-state index contributed by atoms with van der Waals surface area (Å²) in [4.78, 5) is 9.77. The van der Waals surface area contributed by atoms with Crippen molar-refractivity contribution in [1.29, 1.82) is 0 Å². The van der Waals surface area contributed by atoms with Crippen LogP contribution in [0.2, 0.25) is 0 Å². The maximum absolute atomic E-state index is 11.9. The van der Waals surface area contributed by atoms with E-state index in [9.17, 15) is 9.46 Å². The molecule has 4 nitrogen and oxygen atoms in total. The van der Waals surface area contributed by atoms with E-state index in [0.29, 0.717) is 25.0 Å². The van der Waals surface area contributed by atoms with E-state index in [1.54, 1.807) is 0 Å². The summed E-state index contributed by atoms with van der Waals surface area (Å²) in [6.45, 7) is 9.10. The molecule has 2 unspecified atom stereocenters. The SMILES string of the molecule is CCCCC(CC)COP(=O)(O)OCC(CC)CCCC.[K][c]1ccccc1. The zero-order valence-electron chi connectivity index (χ0n) is 18.7. The second-order valence-electron chi connectivity index (χ2n) is 7.55. The second kappa shape index (κ2) is 18.7. The maximum atomic E-state index is 11.9. The second-order valence-corrected chi connectivity index (χ2v) is 10.8. The van der Waals surface area contributed by atoms with Gasteiger partial charge in [0.05, 0.1) is 13.2 Å². The molecule has 1 N–H and O–H groups in total. The van der Waals surface area contributed by atoms with Gasteiger partial charge in [-0.3, -0.25) is 9.05 Å². The number of rotatable bonds is 14. The first kappa shape index (κ1) is 29.0. The third-order valence-corrected chi connectivity index (χ3v) is 6.97. The molecule has 0 radical (unpaired) electrons. The Morgan fingerprint density at radius 2 is 1.32 bits per heavy atom. The fraction of sp³-hybridized carbons (Fsp3) is 0.727. The first-order chi connectivity index (χ1) is 13.4. The van der Waals surface area contributed by atoms with Crippen LogP contribution < -0.4 is -0.342 Å². The molecule has 0 aromatic heterocycles. The summed E-state index contributed by atoms with van der Waals surface area (Å²) in [6, 6.07) is 10.6. The van der Waals surface area contributed by atoms with Crippen LogP contribution in [0.1, 0.15) is 79.1 Å². The van der Waals surface area contributed by atoms with Crippen molar-refractivity contribution in [3.05, 3.63) is 30.3 Å². The van der Waals surface area contributed by atoms with Gasteiger partial charge >= 0.3 is 86.8 Å². The van der Waals surface area contributed by atoms with Gasteiger partial charge in [0.1, 0.15) is 0 Å². The van der Waals surface area contributed by atoms with E-state index < -0.39 is 7.82 Å². The number of unbranched alkanes of at least 4 members (excludes halogenated alkanes) is 2. The van der Waals surface area contributed by atoms with E-state index in [0.717, 1.165) is 100 Å². The molecular weight excluding hydrogens is 398 g/mol. The summed E-state index contributed by atoms with van der Waals surface area (Å²) in [5, 5.41) is 0. The van der Waals surface area contributed by atoms with Crippen LogP contribution in [-0.2, 0) is 13.6 Å². The van der Waals surface area contributed by atoms with Gasteiger partial charge in [0.25, 0.3) is 0 Å². The third-order valence-electron chi connectivity index (χ3n) is 4.97. The summed E-state index contributed by atoms with van der Waals surface area (Å²) >= 11 is 0.855. The van der Waals surface area contributed by atoms with Crippen molar-refractivity contribution >= 4 is 56.4 Å². The van der Waals surface area contributed by atoms with Crippen molar-refractivity contribution < 1.29 is 18.5 Å². The van der Waals surface area contributed by atoms with E-state index in [4.69, 9.17) is 9.05 Å². The number of hydrogen-bond acceptors (Lipinski definition) is 3. The van der Waals surface area contributed by atoms with Gasteiger partial charge in [-0.15, -0.1) is 0 Å². The van der Waals surface area contributed by atoms with Crippen LogP contribution in [0, 0.1) is 11.8 Å². The average Bonchev–Trinajstić information content (AvgIpc) is 2.69. The van der Waals surface area contributed by atoms with Crippen LogP contribution in [-0.4, -0.2) is 67.1 Å². The minimum atomic E-state index is -3.89. The number of phosphoric ester groups is 1. The quantitative estimate of drug-likeness (QED) is 0.284. The van der Waals surface area contributed by atoms with Crippen LogP contribution in [0.25, 0.3) is 0 Å². The van der Waals surface area contributed by atoms with Crippen molar-refractivity contribution in [2.45, 2.75) is 79.1 Å². The molecule has 0 saturated carbocycles. The molecule has 0 bridgehead atoms. The molecule has 0 saturated heterocycles. The molecule has 0 aliphatic heterocycles. The van der Waals surface area contributed by atoms with E-state index in [-0.39, 0.29) is 0 Å². The monoisotopic (exact) mass is 438 g/mol. The van der Waals surface area contributed by atoms with Crippen molar-refractivity contribution in [2.75, 3.05) is 13.2 Å². The molecular formula is C22H40KO4P. The number of benzene rings is 1. The van der Waals surface area contributed by atoms with Crippen molar-refractivity contribution in [2.24, 2.45) is 11.8 Å². The van der Waals surface area contributed by atoms with Gasteiger partial charge in [-0.05, 0) is 24.7 Å². The summed E-state index contributed by atoms with van der Waals surface area (Å²) in [7, 11) is -3.89. The van der Waals surface area contributed by atoms with Gasteiger partial charge in [-0.1, -0.05) is 66.2 Å². The Morgan fingerprint density at radius 1 is 0.893 bits per heavy atom. The summed E-state index contributed by atoms with van der Waals surface area (Å²) in [6.07, 6.45) is 8.56. The Labute approximate surface area is 207 Å². The molecule has 28 heavy (non-hydrogen) atoms. The Kier molecular flexibility index (Phi) is 19.4. The molecule has 6 heteroatoms. The summed E-state index contributed by atoms with van der Waals surface area (Å²) in [5.41, 5.74) is 0. The Morgan fingerprint density at radius 3 is 1.61 bits per heavy atom. The van der Waals surface area contributed by atoms with Crippen LogP contribution in [0.15, 0.2) is 30.3 Å². The molecule has 0 heterocycles. The first-order valence-corrected chi connectivity index (χ1v) is 14.1. The third kappa shape index (κ3) is 16.7. The molecule has 0 spiro atoms. The van der Waals surface area contributed by atoms with Crippen LogP contribution in [0.5, 0.6) is 0 Å². The normalized spacial score (nSPS) is 15.2. The fourth-order valence-electron chi connectivity index (χ4n) is 2.77. The van der Waals surface area contributed by atoms with Gasteiger partial charge in [0, 0.05) is 0 Å². The minimum absolute atomic E-state index is 0.316. The molecule has 0 aliphatic carbocycles. The van der Waals surface area contributed by atoms with Crippen LogP contribution in [0.3, 0.4) is 0 Å². The standard InChI is InChI=1S/C16H35O4P.C6H5.K/c1-5-9-11-15(7-3)13-19-21(17,18)20-14-16(8-4)12-10-6-2;1-2-4-6-5-3-1;/h15-16H,5-14H2,1-4H3,(H,17,18);1-5H;. The van der Waals surface area contributed by atoms with Gasteiger partial charge in [0.15, 0.2) is 0 Å². The molecule has 1 aromatic carbocycles. The van der Waals surface area contributed by atoms with Crippen molar-refractivity contribution in [3.63, 3.8) is 0 Å². The predicted octanol–water partition coefficient (Wildman–Crippen LogP) is 6.03. The van der Waals surface area contributed by atoms with Crippen LogP contribution in [0.4, 0.5) is 0 Å². The van der Waals surface area contributed by atoms with E-state index in [2.05, 4.69) is 58.0 Å². The predicted molar refractivity (Wildman–Crippen MR) is 120 cm³/mol. The molecule has 0 aliphatic rings. The molecule has 1 aromatic rings. The van der Waals surface area contributed by atoms with E-state index in [1.165, 1.54) is -0.342 Å². The Balaban J connectivity index is 0.000000861. The zero-order chi connectivity index (χ0) is 21.3. The zero-order valence-corrected chi connectivity index (χ0v) is 22.7. The van der Waals surface area contributed by atoms with Gasteiger partial charge in [0.2, 0.25) is 0 Å². The first-order valence-electron chi connectivity index (χ1n) is 11.0. The Hall–Kier alpha value is 0.966. The van der Waals surface area contributed by atoms with E-state index in [1.807, 2.05) is 0 Å². The molecule has 0 amide bonds. The van der Waals surface area contributed by atoms with Gasteiger partial charge in [-0.2, -0.15) is 0 Å². The number of hydrogen-bond donors (Lipinski definition) is 1. The molecule has 0 fully saturated rings. The molecule has 1 rings (SSSR count). The summed E-state index contributed by atoms with van der Waals surface area (Å²) < 4.78 is 23.8. The number of phosphoric acid groups is 1. The average molecular weight is 439 g/mol. The fourth-order valence-corrected chi connectivity index (χ4v) is 4.24. The Bertz CT molecular complexity index is 489. The molecule has 158 valence electrons. The van der Waals surface area contributed by atoms with E-state index >= 15 is 0 Å². The van der Waals surface area contributed by atoms with Crippen LogP contribution >= 0.6 is 7.82 Å².